The third-order valence-corrected chi connectivity index (χ3v) is 3.04. The maximum Gasteiger partial charge on any atom is 0.340 e. The van der Waals surface area contributed by atoms with Crippen molar-refractivity contribution in [2.24, 2.45) is 0 Å². The minimum absolute atomic E-state index is 0.168. The van der Waals surface area contributed by atoms with E-state index < -0.39 is 11.8 Å². The van der Waals surface area contributed by atoms with Gasteiger partial charge >= 0.3 is 5.97 Å². The number of halogens is 2. The lowest BCUT2D eigenvalue weighted by molar-refractivity contribution is 0.0601. The molecule has 3 nitrogen and oxygen atoms in total. The van der Waals surface area contributed by atoms with E-state index in [2.05, 4.69) is 10.1 Å². The maximum atomic E-state index is 13.2. The van der Waals surface area contributed by atoms with Crippen molar-refractivity contribution < 1.29 is 13.9 Å². The smallest absolute Gasteiger partial charge is 0.340 e. The molecule has 2 aromatic rings. The van der Waals surface area contributed by atoms with Gasteiger partial charge in [-0.1, -0.05) is 23.7 Å². The molecule has 20 heavy (non-hydrogen) atoms. The summed E-state index contributed by atoms with van der Waals surface area (Å²) in [7, 11) is 1.26. The van der Waals surface area contributed by atoms with Crippen LogP contribution in [-0.2, 0) is 11.3 Å². The zero-order valence-corrected chi connectivity index (χ0v) is 11.6. The van der Waals surface area contributed by atoms with Crippen molar-refractivity contribution in [3.63, 3.8) is 0 Å². The average molecular weight is 294 g/mol. The molecule has 1 N–H and O–H groups in total. The number of carbonyl (C=O) groups is 1. The van der Waals surface area contributed by atoms with E-state index in [0.29, 0.717) is 17.3 Å². The fourth-order valence-corrected chi connectivity index (χ4v) is 1.87. The molecule has 0 unspecified atom stereocenters. The standard InChI is InChI=1S/C15H13ClFNO2/c1-20-15(19)13-8-12(17)6-7-14(13)18-9-10-2-4-11(16)5-3-10/h2-8,18H,9H2,1H3. The van der Waals surface area contributed by atoms with Crippen LogP contribution in [0.1, 0.15) is 15.9 Å². The molecule has 0 radical (unpaired) electrons. The first kappa shape index (κ1) is 14.3. The zero-order chi connectivity index (χ0) is 14.5. The van der Waals surface area contributed by atoms with Crippen LogP contribution in [-0.4, -0.2) is 13.1 Å². The number of hydrogen-bond donors (Lipinski definition) is 1. The van der Waals surface area contributed by atoms with Crippen molar-refractivity contribution in [3.05, 3.63) is 64.4 Å². The van der Waals surface area contributed by atoms with Crippen LogP contribution in [0.4, 0.5) is 10.1 Å². The Morgan fingerprint density at radius 3 is 2.60 bits per heavy atom. The van der Waals surface area contributed by atoms with E-state index in [0.717, 1.165) is 11.6 Å². The van der Waals surface area contributed by atoms with E-state index in [9.17, 15) is 9.18 Å². The number of carbonyl (C=O) groups excluding carboxylic acids is 1. The Kier molecular flexibility index (Phi) is 4.58. The normalized spacial score (nSPS) is 10.2. The molecule has 0 aliphatic rings. The predicted molar refractivity (Wildman–Crippen MR) is 76.5 cm³/mol. The molecule has 0 amide bonds. The highest BCUT2D eigenvalue weighted by Crippen LogP contribution is 2.19. The lowest BCUT2D eigenvalue weighted by Crippen LogP contribution is -2.08. The van der Waals surface area contributed by atoms with Gasteiger partial charge in [0.2, 0.25) is 0 Å². The summed E-state index contributed by atoms with van der Waals surface area (Å²) in [5.74, 6) is -1.06. The molecule has 0 fully saturated rings. The third-order valence-electron chi connectivity index (χ3n) is 2.78. The van der Waals surface area contributed by atoms with Crippen LogP contribution < -0.4 is 5.32 Å². The Morgan fingerprint density at radius 2 is 1.95 bits per heavy atom. The van der Waals surface area contributed by atoms with E-state index >= 15 is 0 Å². The van der Waals surface area contributed by atoms with Gasteiger partial charge in [-0.2, -0.15) is 0 Å². The fourth-order valence-electron chi connectivity index (χ4n) is 1.75. The van der Waals surface area contributed by atoms with Crippen molar-refractivity contribution in [1.29, 1.82) is 0 Å². The van der Waals surface area contributed by atoms with Gasteiger partial charge in [0.25, 0.3) is 0 Å². The molecule has 0 aromatic heterocycles. The van der Waals surface area contributed by atoms with Crippen LogP contribution in [0.25, 0.3) is 0 Å². The first-order chi connectivity index (χ1) is 9.60. The molecule has 0 aliphatic heterocycles. The van der Waals surface area contributed by atoms with Gasteiger partial charge in [0.05, 0.1) is 12.7 Å². The van der Waals surface area contributed by atoms with Crippen molar-refractivity contribution >= 4 is 23.3 Å². The van der Waals surface area contributed by atoms with Gasteiger partial charge in [-0.05, 0) is 35.9 Å². The van der Waals surface area contributed by atoms with Crippen molar-refractivity contribution in [1.82, 2.24) is 0 Å². The number of ether oxygens (including phenoxy) is 1. The van der Waals surface area contributed by atoms with E-state index in [4.69, 9.17) is 11.6 Å². The molecule has 5 heteroatoms. The van der Waals surface area contributed by atoms with Crippen LogP contribution in [0.2, 0.25) is 5.02 Å². The summed E-state index contributed by atoms with van der Waals surface area (Å²) < 4.78 is 17.8. The third kappa shape index (κ3) is 3.48. The summed E-state index contributed by atoms with van der Waals surface area (Å²) in [5, 5.41) is 3.74. The minimum atomic E-state index is -0.580. The van der Waals surface area contributed by atoms with Gasteiger partial charge < -0.3 is 10.1 Å². The summed E-state index contributed by atoms with van der Waals surface area (Å²) >= 11 is 5.81. The van der Waals surface area contributed by atoms with Crippen LogP contribution >= 0.6 is 11.6 Å². The Labute approximate surface area is 121 Å². The Hall–Kier alpha value is -2.07. The molecule has 0 aliphatic carbocycles. The lowest BCUT2D eigenvalue weighted by Gasteiger charge is -2.11. The second-order valence-corrected chi connectivity index (χ2v) is 4.60. The molecule has 104 valence electrons. The second-order valence-electron chi connectivity index (χ2n) is 4.16. The number of benzene rings is 2. The lowest BCUT2D eigenvalue weighted by atomic mass is 10.1. The van der Waals surface area contributed by atoms with E-state index in [1.807, 2.05) is 12.1 Å². The summed E-state index contributed by atoms with van der Waals surface area (Å²) in [6, 6.07) is 11.3. The molecule has 0 saturated heterocycles. The van der Waals surface area contributed by atoms with Crippen molar-refractivity contribution in [3.8, 4) is 0 Å². The maximum absolute atomic E-state index is 13.2. The predicted octanol–water partition coefficient (Wildman–Crippen LogP) is 3.88. The molecule has 0 heterocycles. The summed E-state index contributed by atoms with van der Waals surface area (Å²) in [5.41, 5.74) is 1.68. The molecule has 2 aromatic carbocycles. The van der Waals surface area contributed by atoms with Crippen molar-refractivity contribution in [2.75, 3.05) is 12.4 Å². The van der Waals surface area contributed by atoms with E-state index in [1.54, 1.807) is 12.1 Å². The summed E-state index contributed by atoms with van der Waals surface area (Å²) in [6.45, 7) is 0.493. The van der Waals surface area contributed by atoms with Gasteiger partial charge in [-0.15, -0.1) is 0 Å². The second kappa shape index (κ2) is 6.39. The summed E-state index contributed by atoms with van der Waals surface area (Å²) in [4.78, 5) is 11.6. The molecule has 2 rings (SSSR count). The molecular formula is C15H13ClFNO2. The van der Waals surface area contributed by atoms with Gasteiger partial charge in [0.1, 0.15) is 5.82 Å². The Balaban J connectivity index is 2.16. The first-order valence-electron chi connectivity index (χ1n) is 5.96. The topological polar surface area (TPSA) is 38.3 Å². The highest BCUT2D eigenvalue weighted by Gasteiger charge is 2.12. The largest absolute Gasteiger partial charge is 0.465 e. The Bertz CT molecular complexity index is 614. The van der Waals surface area contributed by atoms with Gasteiger partial charge in [-0.25, -0.2) is 9.18 Å². The fraction of sp³-hybridized carbons (Fsp3) is 0.133. The van der Waals surface area contributed by atoms with Crippen LogP contribution in [0.15, 0.2) is 42.5 Å². The molecule has 0 spiro atoms. The van der Waals surface area contributed by atoms with Gasteiger partial charge in [0, 0.05) is 17.3 Å². The van der Waals surface area contributed by atoms with Crippen LogP contribution in [0.3, 0.4) is 0 Å². The first-order valence-corrected chi connectivity index (χ1v) is 6.34. The monoisotopic (exact) mass is 293 g/mol. The number of rotatable bonds is 4. The number of nitrogens with one attached hydrogen (secondary N) is 1. The molecule has 0 atom stereocenters. The zero-order valence-electron chi connectivity index (χ0n) is 10.8. The number of esters is 1. The summed E-state index contributed by atoms with van der Waals surface area (Å²) in [6.07, 6.45) is 0. The Morgan fingerprint density at radius 1 is 1.25 bits per heavy atom. The number of methoxy groups -OCH3 is 1. The molecule has 0 bridgehead atoms. The highest BCUT2D eigenvalue weighted by molar-refractivity contribution is 6.30. The van der Waals surface area contributed by atoms with E-state index in [1.165, 1.54) is 19.2 Å². The van der Waals surface area contributed by atoms with Crippen LogP contribution in [0, 0.1) is 5.82 Å². The van der Waals surface area contributed by atoms with Gasteiger partial charge in [-0.3, -0.25) is 0 Å². The van der Waals surface area contributed by atoms with Gasteiger partial charge in [0.15, 0.2) is 0 Å². The average Bonchev–Trinajstić information content (AvgIpc) is 2.46. The van der Waals surface area contributed by atoms with Crippen LogP contribution in [0.5, 0.6) is 0 Å². The highest BCUT2D eigenvalue weighted by atomic mass is 35.5. The number of anilines is 1. The van der Waals surface area contributed by atoms with E-state index in [-0.39, 0.29) is 5.56 Å². The number of hydrogen-bond acceptors (Lipinski definition) is 3. The quantitative estimate of drug-likeness (QED) is 0.870. The SMILES string of the molecule is COC(=O)c1cc(F)ccc1NCc1ccc(Cl)cc1. The van der Waals surface area contributed by atoms with Crippen molar-refractivity contribution in [2.45, 2.75) is 6.54 Å². The molecule has 0 saturated carbocycles. The minimum Gasteiger partial charge on any atom is -0.465 e. The molecular weight excluding hydrogens is 281 g/mol.